The number of rotatable bonds is 3. The molecule has 1 fully saturated rings. The molecule has 1 aliphatic rings. The highest BCUT2D eigenvalue weighted by Gasteiger charge is 2.34. The maximum atomic E-state index is 11.6. The number of likely N-dealkylation sites (tertiary alicyclic amines) is 1. The van der Waals surface area contributed by atoms with Crippen LogP contribution in [0.2, 0.25) is 0 Å². The van der Waals surface area contributed by atoms with Gasteiger partial charge < -0.3 is 10.6 Å². The summed E-state index contributed by atoms with van der Waals surface area (Å²) in [7, 11) is 0. The predicted octanol–water partition coefficient (Wildman–Crippen LogP) is 0.663. The SMILES string of the molecule is NC(=O)[C@H]1CCC(=O)N1Cc1ccccc1. The fraction of sp³-hybridized carbons (Fsp3) is 0.333. The Morgan fingerprint density at radius 3 is 2.69 bits per heavy atom. The third-order valence-electron chi connectivity index (χ3n) is 2.85. The van der Waals surface area contributed by atoms with Gasteiger partial charge in [-0.05, 0) is 12.0 Å². The van der Waals surface area contributed by atoms with E-state index in [1.54, 1.807) is 4.90 Å². The molecule has 0 bridgehead atoms. The van der Waals surface area contributed by atoms with E-state index < -0.39 is 11.9 Å². The molecule has 4 heteroatoms. The molecule has 0 aliphatic carbocycles. The molecule has 2 rings (SSSR count). The summed E-state index contributed by atoms with van der Waals surface area (Å²) in [6.45, 7) is 0.466. The Kier molecular flexibility index (Phi) is 2.90. The molecule has 1 aromatic carbocycles. The normalized spacial score (nSPS) is 20.1. The number of nitrogens with zero attached hydrogens (tertiary/aromatic N) is 1. The van der Waals surface area contributed by atoms with Crippen molar-refractivity contribution in [2.75, 3.05) is 0 Å². The highest BCUT2D eigenvalue weighted by Crippen LogP contribution is 2.20. The van der Waals surface area contributed by atoms with Gasteiger partial charge in [0.15, 0.2) is 0 Å². The molecule has 1 aliphatic heterocycles. The second-order valence-corrected chi connectivity index (χ2v) is 3.96. The third-order valence-corrected chi connectivity index (χ3v) is 2.85. The summed E-state index contributed by atoms with van der Waals surface area (Å²) >= 11 is 0. The first-order chi connectivity index (χ1) is 7.68. The van der Waals surface area contributed by atoms with Gasteiger partial charge in [0, 0.05) is 13.0 Å². The lowest BCUT2D eigenvalue weighted by molar-refractivity contribution is -0.134. The number of amides is 2. The van der Waals surface area contributed by atoms with Crippen LogP contribution in [0.25, 0.3) is 0 Å². The summed E-state index contributed by atoms with van der Waals surface area (Å²) in [6.07, 6.45) is 0.960. The van der Waals surface area contributed by atoms with Crippen LogP contribution in [0, 0.1) is 0 Å². The van der Waals surface area contributed by atoms with Crippen LogP contribution in [-0.4, -0.2) is 22.8 Å². The van der Waals surface area contributed by atoms with Crippen LogP contribution in [-0.2, 0) is 16.1 Å². The van der Waals surface area contributed by atoms with E-state index in [-0.39, 0.29) is 5.91 Å². The Labute approximate surface area is 94.0 Å². The lowest BCUT2D eigenvalue weighted by Gasteiger charge is -2.22. The lowest BCUT2D eigenvalue weighted by Crippen LogP contribution is -2.41. The summed E-state index contributed by atoms with van der Waals surface area (Å²) < 4.78 is 0. The van der Waals surface area contributed by atoms with Crippen molar-refractivity contribution in [3.63, 3.8) is 0 Å². The smallest absolute Gasteiger partial charge is 0.240 e. The average Bonchev–Trinajstić information content (AvgIpc) is 2.62. The van der Waals surface area contributed by atoms with Gasteiger partial charge in [0.25, 0.3) is 0 Å². The Balaban J connectivity index is 2.13. The van der Waals surface area contributed by atoms with E-state index in [1.807, 2.05) is 30.3 Å². The molecular formula is C12H14N2O2. The maximum absolute atomic E-state index is 11.6. The molecule has 1 heterocycles. The van der Waals surface area contributed by atoms with Crippen molar-refractivity contribution in [3.05, 3.63) is 35.9 Å². The molecule has 2 N–H and O–H groups in total. The van der Waals surface area contributed by atoms with Gasteiger partial charge in [-0.25, -0.2) is 0 Å². The largest absolute Gasteiger partial charge is 0.368 e. The van der Waals surface area contributed by atoms with Crippen LogP contribution in [0.4, 0.5) is 0 Å². The van der Waals surface area contributed by atoms with Crippen molar-refractivity contribution < 1.29 is 9.59 Å². The fourth-order valence-corrected chi connectivity index (χ4v) is 2.01. The molecule has 0 aromatic heterocycles. The van der Waals surface area contributed by atoms with Gasteiger partial charge in [-0.3, -0.25) is 9.59 Å². The van der Waals surface area contributed by atoms with Gasteiger partial charge >= 0.3 is 0 Å². The summed E-state index contributed by atoms with van der Waals surface area (Å²) in [6, 6.07) is 9.17. The van der Waals surface area contributed by atoms with E-state index in [2.05, 4.69) is 0 Å². The zero-order valence-electron chi connectivity index (χ0n) is 8.93. The van der Waals surface area contributed by atoms with E-state index in [0.29, 0.717) is 19.4 Å². The molecule has 4 nitrogen and oxygen atoms in total. The van der Waals surface area contributed by atoms with Crippen LogP contribution in [0.1, 0.15) is 18.4 Å². The Morgan fingerprint density at radius 2 is 2.06 bits per heavy atom. The minimum absolute atomic E-state index is 0.00709. The lowest BCUT2D eigenvalue weighted by atomic mass is 10.2. The summed E-state index contributed by atoms with van der Waals surface area (Å²) in [5, 5.41) is 0. The highest BCUT2D eigenvalue weighted by atomic mass is 16.2. The zero-order valence-corrected chi connectivity index (χ0v) is 8.93. The Hall–Kier alpha value is -1.84. The number of hydrogen-bond acceptors (Lipinski definition) is 2. The number of primary amides is 1. The molecule has 0 unspecified atom stereocenters. The van der Waals surface area contributed by atoms with Crippen LogP contribution >= 0.6 is 0 Å². The van der Waals surface area contributed by atoms with Crippen molar-refractivity contribution in [1.82, 2.24) is 4.90 Å². The van der Waals surface area contributed by atoms with E-state index in [0.717, 1.165) is 5.56 Å². The second-order valence-electron chi connectivity index (χ2n) is 3.96. The van der Waals surface area contributed by atoms with E-state index in [1.165, 1.54) is 0 Å². The number of carbonyl (C=O) groups is 2. The van der Waals surface area contributed by atoms with Gasteiger partial charge in [-0.15, -0.1) is 0 Å². The molecule has 1 saturated heterocycles. The molecule has 0 saturated carbocycles. The zero-order chi connectivity index (χ0) is 11.5. The fourth-order valence-electron chi connectivity index (χ4n) is 2.01. The van der Waals surface area contributed by atoms with Crippen molar-refractivity contribution in [3.8, 4) is 0 Å². The van der Waals surface area contributed by atoms with Crippen molar-refractivity contribution in [2.45, 2.75) is 25.4 Å². The second kappa shape index (κ2) is 4.35. The first-order valence-electron chi connectivity index (χ1n) is 5.31. The molecule has 1 atom stereocenters. The minimum Gasteiger partial charge on any atom is -0.368 e. The Bertz CT molecular complexity index is 403. The molecule has 16 heavy (non-hydrogen) atoms. The van der Waals surface area contributed by atoms with Crippen LogP contribution < -0.4 is 5.73 Å². The first kappa shape index (κ1) is 10.7. The topological polar surface area (TPSA) is 63.4 Å². The maximum Gasteiger partial charge on any atom is 0.240 e. The van der Waals surface area contributed by atoms with Crippen LogP contribution in [0.3, 0.4) is 0 Å². The molecule has 84 valence electrons. The molecule has 2 amide bonds. The monoisotopic (exact) mass is 218 g/mol. The van der Waals surface area contributed by atoms with Gasteiger partial charge in [0.2, 0.25) is 11.8 Å². The quantitative estimate of drug-likeness (QED) is 0.810. The van der Waals surface area contributed by atoms with Crippen molar-refractivity contribution >= 4 is 11.8 Å². The highest BCUT2D eigenvalue weighted by molar-refractivity contribution is 5.89. The average molecular weight is 218 g/mol. The van der Waals surface area contributed by atoms with Gasteiger partial charge in [-0.2, -0.15) is 0 Å². The van der Waals surface area contributed by atoms with E-state index in [9.17, 15) is 9.59 Å². The number of benzene rings is 1. The van der Waals surface area contributed by atoms with Crippen LogP contribution in [0.15, 0.2) is 30.3 Å². The van der Waals surface area contributed by atoms with E-state index in [4.69, 9.17) is 5.73 Å². The molecular weight excluding hydrogens is 204 g/mol. The summed E-state index contributed by atoms with van der Waals surface area (Å²) in [4.78, 5) is 24.4. The van der Waals surface area contributed by atoms with Crippen molar-refractivity contribution in [2.24, 2.45) is 5.73 Å². The van der Waals surface area contributed by atoms with Gasteiger partial charge in [0.05, 0.1) is 0 Å². The summed E-state index contributed by atoms with van der Waals surface area (Å²) in [5.74, 6) is -0.408. The van der Waals surface area contributed by atoms with E-state index >= 15 is 0 Å². The van der Waals surface area contributed by atoms with Gasteiger partial charge in [0.1, 0.15) is 6.04 Å². The number of nitrogens with two attached hydrogens (primary N) is 1. The molecule has 0 radical (unpaired) electrons. The van der Waals surface area contributed by atoms with Gasteiger partial charge in [-0.1, -0.05) is 30.3 Å². The van der Waals surface area contributed by atoms with Crippen molar-refractivity contribution in [1.29, 1.82) is 0 Å². The number of hydrogen-bond donors (Lipinski definition) is 1. The number of carbonyl (C=O) groups excluding carboxylic acids is 2. The minimum atomic E-state index is -0.437. The third kappa shape index (κ3) is 2.05. The first-order valence-corrected chi connectivity index (χ1v) is 5.31. The molecule has 1 aromatic rings. The predicted molar refractivity (Wildman–Crippen MR) is 59.2 cm³/mol. The van der Waals surface area contributed by atoms with Crippen LogP contribution in [0.5, 0.6) is 0 Å². The molecule has 0 spiro atoms. The Morgan fingerprint density at radius 1 is 1.38 bits per heavy atom. The summed E-state index contributed by atoms with van der Waals surface area (Å²) in [5.41, 5.74) is 6.29. The standard InChI is InChI=1S/C12H14N2O2/c13-12(16)10-6-7-11(15)14(10)8-9-4-2-1-3-5-9/h1-5,10H,6-8H2,(H2,13,16)/t10-/m1/s1.